The van der Waals surface area contributed by atoms with Gasteiger partial charge in [0.2, 0.25) is 5.91 Å². The van der Waals surface area contributed by atoms with Crippen LogP contribution < -0.4 is 5.32 Å². The number of esters is 1. The van der Waals surface area contributed by atoms with Gasteiger partial charge in [0.25, 0.3) is 0 Å². The van der Waals surface area contributed by atoms with Crippen LogP contribution in [0.1, 0.15) is 51.5 Å². The van der Waals surface area contributed by atoms with Crippen molar-refractivity contribution in [3.8, 4) is 0 Å². The lowest BCUT2D eigenvalue weighted by molar-refractivity contribution is -0.145. The molecule has 0 aliphatic rings. The summed E-state index contributed by atoms with van der Waals surface area (Å²) < 4.78 is 4.78. The Morgan fingerprint density at radius 2 is 1.83 bits per heavy atom. The Morgan fingerprint density at radius 1 is 1.25 bits per heavy atom. The van der Waals surface area contributed by atoms with E-state index in [2.05, 4.69) is 10.3 Å². The summed E-state index contributed by atoms with van der Waals surface area (Å²) in [6.45, 7) is 3.94. The maximum absolute atomic E-state index is 12.3. The fourth-order valence-electron chi connectivity index (χ4n) is 2.87. The summed E-state index contributed by atoms with van der Waals surface area (Å²) in [5, 5.41) is 13.3. The molecule has 0 unspecified atom stereocenters. The van der Waals surface area contributed by atoms with Crippen molar-refractivity contribution in [1.82, 2.24) is 10.3 Å². The third kappa shape index (κ3) is 6.66. The predicted molar refractivity (Wildman–Crippen MR) is 91.3 cm³/mol. The van der Waals surface area contributed by atoms with Gasteiger partial charge in [0.05, 0.1) is 19.1 Å². The first-order chi connectivity index (χ1) is 11.4. The molecule has 1 atom stereocenters. The molecule has 0 saturated carbocycles. The van der Waals surface area contributed by atoms with E-state index in [9.17, 15) is 14.7 Å². The number of hydrogen-bond acceptors (Lipinski definition) is 5. The second-order valence-electron chi connectivity index (χ2n) is 6.10. The number of ether oxygens (including phenoxy) is 1. The number of amides is 1. The van der Waals surface area contributed by atoms with Crippen molar-refractivity contribution in [2.45, 2.75) is 64.0 Å². The molecule has 0 aliphatic heterocycles. The maximum atomic E-state index is 12.3. The predicted octanol–water partition coefficient (Wildman–Crippen LogP) is 2.00. The van der Waals surface area contributed by atoms with E-state index in [0.717, 1.165) is 18.4 Å². The van der Waals surface area contributed by atoms with Crippen LogP contribution in [0.4, 0.5) is 0 Å². The Morgan fingerprint density at radius 3 is 2.33 bits per heavy atom. The zero-order chi connectivity index (χ0) is 18.0. The van der Waals surface area contributed by atoms with Gasteiger partial charge in [-0.1, -0.05) is 26.7 Å². The normalized spacial score (nSPS) is 12.5. The van der Waals surface area contributed by atoms with Crippen LogP contribution in [0.25, 0.3) is 0 Å². The fourth-order valence-corrected chi connectivity index (χ4v) is 2.87. The molecule has 0 aliphatic carbocycles. The molecule has 24 heavy (non-hydrogen) atoms. The molecule has 0 saturated heterocycles. The molecular formula is C18H28N2O4. The summed E-state index contributed by atoms with van der Waals surface area (Å²) >= 11 is 0. The number of hydrogen-bond donors (Lipinski definition) is 2. The van der Waals surface area contributed by atoms with E-state index in [-0.39, 0.29) is 12.3 Å². The third-order valence-corrected chi connectivity index (χ3v) is 3.93. The molecular weight excluding hydrogens is 308 g/mol. The standard InChI is InChI=1S/C18H28N2O4/c1-4-8-18(23,9-5-2)13-16(21)20-15(17(22)24-3)12-14-6-10-19-11-7-14/h6-7,10-11,15,23H,4-5,8-9,12-13H2,1-3H3,(H,20,21)/t15-/m0/s1. The van der Waals surface area contributed by atoms with Crippen molar-refractivity contribution < 1.29 is 19.4 Å². The molecule has 134 valence electrons. The van der Waals surface area contributed by atoms with Crippen LogP contribution in [0.2, 0.25) is 0 Å². The molecule has 1 heterocycles. The first-order valence-electron chi connectivity index (χ1n) is 8.42. The number of methoxy groups -OCH3 is 1. The highest BCUT2D eigenvalue weighted by molar-refractivity contribution is 5.85. The van der Waals surface area contributed by atoms with Crippen molar-refractivity contribution >= 4 is 11.9 Å². The molecule has 1 aromatic heterocycles. The summed E-state index contributed by atoms with van der Waals surface area (Å²) in [6.07, 6.45) is 6.27. The zero-order valence-corrected chi connectivity index (χ0v) is 14.7. The largest absolute Gasteiger partial charge is 0.467 e. The molecule has 0 spiro atoms. The Balaban J connectivity index is 2.75. The van der Waals surface area contributed by atoms with Crippen molar-refractivity contribution in [3.05, 3.63) is 30.1 Å². The molecule has 6 nitrogen and oxygen atoms in total. The van der Waals surface area contributed by atoms with E-state index in [1.807, 2.05) is 13.8 Å². The number of nitrogens with zero attached hydrogens (tertiary/aromatic N) is 1. The van der Waals surface area contributed by atoms with Gasteiger partial charge < -0.3 is 15.2 Å². The molecule has 6 heteroatoms. The van der Waals surface area contributed by atoms with Crippen molar-refractivity contribution in [1.29, 1.82) is 0 Å². The van der Waals surface area contributed by atoms with E-state index in [1.165, 1.54) is 7.11 Å². The van der Waals surface area contributed by atoms with Crippen LogP contribution in [0.15, 0.2) is 24.5 Å². The second kappa shape index (κ2) is 10.0. The molecule has 1 rings (SSSR count). The van der Waals surface area contributed by atoms with Gasteiger partial charge in [-0.25, -0.2) is 4.79 Å². The lowest BCUT2D eigenvalue weighted by Gasteiger charge is -2.27. The van der Waals surface area contributed by atoms with Crippen LogP contribution in [0, 0.1) is 0 Å². The monoisotopic (exact) mass is 336 g/mol. The van der Waals surface area contributed by atoms with E-state index < -0.39 is 17.6 Å². The van der Waals surface area contributed by atoms with Gasteiger partial charge in [-0.15, -0.1) is 0 Å². The number of carbonyl (C=O) groups excluding carboxylic acids is 2. The van der Waals surface area contributed by atoms with Gasteiger partial charge in [0, 0.05) is 18.8 Å². The van der Waals surface area contributed by atoms with Crippen LogP contribution in [-0.4, -0.2) is 40.7 Å². The number of carbonyl (C=O) groups is 2. The molecule has 0 bridgehead atoms. The van der Waals surface area contributed by atoms with Crippen LogP contribution in [0.5, 0.6) is 0 Å². The zero-order valence-electron chi connectivity index (χ0n) is 14.7. The number of aliphatic hydroxyl groups is 1. The lowest BCUT2D eigenvalue weighted by Crippen LogP contribution is -2.46. The SMILES string of the molecule is CCCC(O)(CCC)CC(=O)N[C@@H](Cc1ccncc1)C(=O)OC. The summed E-state index contributed by atoms with van der Waals surface area (Å²) in [5.41, 5.74) is -0.150. The highest BCUT2D eigenvalue weighted by Crippen LogP contribution is 2.23. The number of aromatic nitrogens is 1. The van der Waals surface area contributed by atoms with E-state index in [0.29, 0.717) is 19.3 Å². The minimum atomic E-state index is -1.02. The van der Waals surface area contributed by atoms with E-state index in [4.69, 9.17) is 4.74 Å². The smallest absolute Gasteiger partial charge is 0.328 e. The Hall–Kier alpha value is -1.95. The molecule has 0 fully saturated rings. The number of rotatable bonds is 10. The highest BCUT2D eigenvalue weighted by Gasteiger charge is 2.30. The van der Waals surface area contributed by atoms with Crippen molar-refractivity contribution in [2.24, 2.45) is 0 Å². The Bertz CT molecular complexity index is 513. The fraction of sp³-hybridized carbons (Fsp3) is 0.611. The van der Waals surface area contributed by atoms with Crippen molar-refractivity contribution in [2.75, 3.05) is 7.11 Å². The average molecular weight is 336 g/mol. The Labute approximate surface area is 143 Å². The summed E-state index contributed by atoms with van der Waals surface area (Å²) in [4.78, 5) is 28.2. The van der Waals surface area contributed by atoms with Crippen LogP contribution >= 0.6 is 0 Å². The molecule has 0 radical (unpaired) electrons. The summed E-state index contributed by atoms with van der Waals surface area (Å²) in [5.74, 6) is -0.849. The lowest BCUT2D eigenvalue weighted by atomic mass is 9.89. The summed E-state index contributed by atoms with van der Waals surface area (Å²) in [7, 11) is 1.29. The van der Waals surface area contributed by atoms with Gasteiger partial charge in [-0.3, -0.25) is 9.78 Å². The molecule has 2 N–H and O–H groups in total. The highest BCUT2D eigenvalue weighted by atomic mass is 16.5. The first kappa shape index (κ1) is 20.1. The molecule has 1 aromatic rings. The van der Waals surface area contributed by atoms with Gasteiger partial charge in [0.1, 0.15) is 6.04 Å². The van der Waals surface area contributed by atoms with Gasteiger partial charge in [0.15, 0.2) is 0 Å². The quantitative estimate of drug-likeness (QED) is 0.638. The summed E-state index contributed by atoms with van der Waals surface area (Å²) in [6, 6.07) is 2.79. The van der Waals surface area contributed by atoms with Crippen LogP contribution in [-0.2, 0) is 20.7 Å². The third-order valence-electron chi connectivity index (χ3n) is 3.93. The van der Waals surface area contributed by atoms with Gasteiger partial charge >= 0.3 is 5.97 Å². The van der Waals surface area contributed by atoms with Crippen molar-refractivity contribution in [3.63, 3.8) is 0 Å². The minimum Gasteiger partial charge on any atom is -0.467 e. The maximum Gasteiger partial charge on any atom is 0.328 e. The average Bonchev–Trinajstić information content (AvgIpc) is 2.54. The van der Waals surface area contributed by atoms with Gasteiger partial charge in [-0.05, 0) is 30.5 Å². The topological polar surface area (TPSA) is 88.5 Å². The second-order valence-corrected chi connectivity index (χ2v) is 6.10. The number of nitrogens with one attached hydrogen (secondary N) is 1. The number of pyridine rings is 1. The van der Waals surface area contributed by atoms with Crippen LogP contribution in [0.3, 0.4) is 0 Å². The Kier molecular flexibility index (Phi) is 8.40. The first-order valence-corrected chi connectivity index (χ1v) is 8.42. The van der Waals surface area contributed by atoms with E-state index >= 15 is 0 Å². The van der Waals surface area contributed by atoms with Gasteiger partial charge in [-0.2, -0.15) is 0 Å². The molecule has 1 amide bonds. The minimum absolute atomic E-state index is 0.0154. The van der Waals surface area contributed by atoms with E-state index in [1.54, 1.807) is 24.5 Å². The molecule has 0 aromatic carbocycles.